The van der Waals surface area contributed by atoms with Crippen molar-refractivity contribution >= 4 is 50.5 Å². The molecule has 1 unspecified atom stereocenters. The highest BCUT2D eigenvalue weighted by molar-refractivity contribution is 7.89. The highest BCUT2D eigenvalue weighted by Crippen LogP contribution is 2.40. The predicted molar refractivity (Wildman–Crippen MR) is 139 cm³/mol. The van der Waals surface area contributed by atoms with Gasteiger partial charge in [0.25, 0.3) is 0 Å². The molecule has 0 bridgehead atoms. The Balaban J connectivity index is 1.66. The minimum Gasteiger partial charge on any atom is -0.466 e. The van der Waals surface area contributed by atoms with E-state index in [1.807, 2.05) is 0 Å². The average Bonchev–Trinajstić information content (AvgIpc) is 3.66. The van der Waals surface area contributed by atoms with E-state index in [0.717, 1.165) is 18.9 Å². The largest absolute Gasteiger partial charge is 0.466 e. The van der Waals surface area contributed by atoms with Crippen molar-refractivity contribution in [1.29, 1.82) is 0 Å². The van der Waals surface area contributed by atoms with Crippen molar-refractivity contribution in [1.82, 2.24) is 14.6 Å². The maximum Gasteiger partial charge on any atom is 0.338 e. The molecule has 198 valence electrons. The molecule has 1 saturated heterocycles. The van der Waals surface area contributed by atoms with Crippen LogP contribution in [0.5, 0.6) is 0 Å². The summed E-state index contributed by atoms with van der Waals surface area (Å²) in [6.45, 7) is 0.932. The summed E-state index contributed by atoms with van der Waals surface area (Å²) in [5, 5.41) is 4.79. The van der Waals surface area contributed by atoms with Crippen molar-refractivity contribution in [2.45, 2.75) is 23.8 Å². The average molecular weight is 579 g/mol. The number of benzene rings is 2. The molecule has 1 aromatic heterocycles. The van der Waals surface area contributed by atoms with Gasteiger partial charge >= 0.3 is 5.97 Å². The number of hydrogen-bond acceptors (Lipinski definition) is 8. The lowest BCUT2D eigenvalue weighted by molar-refractivity contribution is -0.136. The van der Waals surface area contributed by atoms with Gasteiger partial charge in [0.2, 0.25) is 10.0 Å². The Kier molecular flexibility index (Phi) is 7.32. The third kappa shape index (κ3) is 4.73. The Labute approximate surface area is 226 Å². The molecule has 5 rings (SSSR count). The van der Waals surface area contributed by atoms with E-state index in [2.05, 4.69) is 15.3 Å². The fourth-order valence-electron chi connectivity index (χ4n) is 4.40. The van der Waals surface area contributed by atoms with E-state index in [4.69, 9.17) is 16.3 Å². The molecular formula is C25H21ClF2N4O4S2. The number of amidine groups is 1. The van der Waals surface area contributed by atoms with E-state index < -0.39 is 38.7 Å². The van der Waals surface area contributed by atoms with E-state index in [-0.39, 0.29) is 27.6 Å². The lowest BCUT2D eigenvalue weighted by atomic mass is 9.93. The number of methoxy groups -OCH3 is 1. The third-order valence-electron chi connectivity index (χ3n) is 6.29. The van der Waals surface area contributed by atoms with Gasteiger partial charge in [-0.3, -0.25) is 4.99 Å². The SMILES string of the molecule is COC(=O)C1=C(c2ccc(S(=O)(=O)N3CCCC3)cc2)NC(c2nccs2)=NC1c1ccc(F)c(F)c1Cl. The van der Waals surface area contributed by atoms with Gasteiger partial charge in [-0.25, -0.2) is 27.0 Å². The highest BCUT2D eigenvalue weighted by Gasteiger charge is 2.35. The van der Waals surface area contributed by atoms with Gasteiger partial charge in [0, 0.05) is 30.2 Å². The molecule has 2 aliphatic rings. The molecule has 0 aliphatic carbocycles. The Morgan fingerprint density at radius 3 is 2.50 bits per heavy atom. The second kappa shape index (κ2) is 10.5. The zero-order valence-electron chi connectivity index (χ0n) is 19.9. The highest BCUT2D eigenvalue weighted by atomic mass is 35.5. The summed E-state index contributed by atoms with van der Waals surface area (Å²) in [7, 11) is -2.47. The van der Waals surface area contributed by atoms with Crippen LogP contribution in [0.3, 0.4) is 0 Å². The number of aliphatic imine (C=N–C) groups is 1. The lowest BCUT2D eigenvalue weighted by Crippen LogP contribution is -2.33. The summed E-state index contributed by atoms with van der Waals surface area (Å²) < 4.78 is 60.8. The number of nitrogens with zero attached hydrogens (tertiary/aromatic N) is 3. The van der Waals surface area contributed by atoms with Crippen LogP contribution in [0.15, 0.2) is 63.4 Å². The standard InChI is InChI=1S/C25H21ClF2N4O4S2/c1-36-25(33)18-21(14-4-6-15(7-5-14)38(34,35)32-11-2-3-12-32)30-23(24-29-10-13-37-24)31-22(18)16-8-9-17(27)20(28)19(16)26/h4-10,13,22H,2-3,11-12H2,1H3,(H,30,31). The van der Waals surface area contributed by atoms with Gasteiger partial charge in [-0.05, 0) is 36.6 Å². The lowest BCUT2D eigenvalue weighted by Gasteiger charge is -2.27. The van der Waals surface area contributed by atoms with E-state index >= 15 is 0 Å². The van der Waals surface area contributed by atoms with Gasteiger partial charge in [0.1, 0.15) is 6.04 Å². The molecule has 1 N–H and O–H groups in total. The number of esters is 1. The smallest absolute Gasteiger partial charge is 0.338 e. The van der Waals surface area contributed by atoms with Crippen LogP contribution in [0, 0.1) is 11.6 Å². The first-order valence-electron chi connectivity index (χ1n) is 11.5. The number of hydrogen-bond donors (Lipinski definition) is 1. The van der Waals surface area contributed by atoms with Gasteiger partial charge in [0.15, 0.2) is 22.5 Å². The molecule has 38 heavy (non-hydrogen) atoms. The van der Waals surface area contributed by atoms with Crippen molar-refractivity contribution in [2.24, 2.45) is 4.99 Å². The van der Waals surface area contributed by atoms with Gasteiger partial charge < -0.3 is 10.1 Å². The van der Waals surface area contributed by atoms with Crippen LogP contribution >= 0.6 is 22.9 Å². The number of thiazole rings is 1. The van der Waals surface area contributed by atoms with Crippen molar-refractivity contribution in [3.05, 3.63) is 86.3 Å². The zero-order valence-corrected chi connectivity index (χ0v) is 22.3. The zero-order chi connectivity index (χ0) is 27.0. The van der Waals surface area contributed by atoms with Gasteiger partial charge in [0.05, 0.1) is 28.3 Å². The summed E-state index contributed by atoms with van der Waals surface area (Å²) in [4.78, 5) is 22.0. The fraction of sp³-hybridized carbons (Fsp3) is 0.240. The van der Waals surface area contributed by atoms with Crippen molar-refractivity contribution in [3.63, 3.8) is 0 Å². The minimum atomic E-state index is -3.66. The first-order chi connectivity index (χ1) is 18.2. The number of aromatic nitrogens is 1. The number of carbonyl (C=O) groups is 1. The number of rotatable bonds is 6. The monoisotopic (exact) mass is 578 g/mol. The van der Waals surface area contributed by atoms with Crippen molar-refractivity contribution < 1.29 is 26.7 Å². The van der Waals surface area contributed by atoms with Crippen LogP contribution in [0.2, 0.25) is 5.02 Å². The van der Waals surface area contributed by atoms with E-state index in [1.165, 1.54) is 41.0 Å². The Morgan fingerprint density at radius 1 is 1.16 bits per heavy atom. The summed E-state index contributed by atoms with van der Waals surface area (Å²) in [6, 6.07) is 7.02. The van der Waals surface area contributed by atoms with Crippen molar-refractivity contribution in [3.8, 4) is 0 Å². The molecule has 1 atom stereocenters. The van der Waals surface area contributed by atoms with E-state index in [9.17, 15) is 22.0 Å². The molecule has 0 radical (unpaired) electrons. The van der Waals surface area contributed by atoms with Crippen LogP contribution in [0.1, 0.15) is 35.0 Å². The Bertz CT molecular complexity index is 1550. The molecule has 2 aromatic carbocycles. The van der Waals surface area contributed by atoms with Crippen LogP contribution in [-0.2, 0) is 19.6 Å². The minimum absolute atomic E-state index is 0.0177. The number of ether oxygens (including phenoxy) is 1. The van der Waals surface area contributed by atoms with Gasteiger partial charge in [-0.2, -0.15) is 4.31 Å². The number of halogens is 3. The van der Waals surface area contributed by atoms with Gasteiger partial charge in [-0.1, -0.05) is 29.8 Å². The topological polar surface area (TPSA) is 101 Å². The first kappa shape index (κ1) is 26.4. The van der Waals surface area contributed by atoms with Gasteiger partial charge in [-0.15, -0.1) is 11.3 Å². The second-order valence-corrected chi connectivity index (χ2v) is 11.7. The predicted octanol–water partition coefficient (Wildman–Crippen LogP) is 4.53. The molecule has 0 saturated carbocycles. The second-order valence-electron chi connectivity index (χ2n) is 8.52. The Hall–Kier alpha value is -3.19. The fourth-order valence-corrected chi connectivity index (χ4v) is 6.76. The number of sulfonamides is 1. The molecular weight excluding hydrogens is 558 g/mol. The third-order valence-corrected chi connectivity index (χ3v) is 9.37. The molecule has 0 amide bonds. The first-order valence-corrected chi connectivity index (χ1v) is 14.2. The van der Waals surface area contributed by atoms with Crippen LogP contribution < -0.4 is 5.32 Å². The number of nitrogens with one attached hydrogen (secondary N) is 1. The van der Waals surface area contributed by atoms with Crippen LogP contribution in [-0.4, -0.2) is 49.7 Å². The molecule has 13 heteroatoms. The maximum atomic E-state index is 14.5. The van der Waals surface area contributed by atoms with Crippen molar-refractivity contribution in [2.75, 3.05) is 20.2 Å². The summed E-state index contributed by atoms with van der Waals surface area (Å²) in [6.07, 6.45) is 3.19. The maximum absolute atomic E-state index is 14.5. The molecule has 0 spiro atoms. The summed E-state index contributed by atoms with van der Waals surface area (Å²) in [5.74, 6) is -2.93. The molecule has 1 fully saturated rings. The summed E-state index contributed by atoms with van der Waals surface area (Å²) >= 11 is 7.45. The quantitative estimate of drug-likeness (QED) is 0.341. The van der Waals surface area contributed by atoms with Crippen LogP contribution in [0.25, 0.3) is 5.70 Å². The molecule has 8 nitrogen and oxygen atoms in total. The normalized spacial score (nSPS) is 18.3. The van der Waals surface area contributed by atoms with E-state index in [0.29, 0.717) is 23.7 Å². The summed E-state index contributed by atoms with van der Waals surface area (Å²) in [5.41, 5.74) is 0.717. The number of carbonyl (C=O) groups excluding carboxylic acids is 1. The molecule has 3 aromatic rings. The van der Waals surface area contributed by atoms with Crippen LogP contribution in [0.4, 0.5) is 8.78 Å². The molecule has 2 aliphatic heterocycles. The molecule has 3 heterocycles. The Morgan fingerprint density at radius 2 is 1.87 bits per heavy atom. The van der Waals surface area contributed by atoms with E-state index in [1.54, 1.807) is 23.7 Å².